The summed E-state index contributed by atoms with van der Waals surface area (Å²) in [7, 11) is 0. The maximum atomic E-state index is 14.7. The van der Waals surface area contributed by atoms with Gasteiger partial charge in [0, 0.05) is 13.0 Å². The molecule has 8 rings (SSSR count). The van der Waals surface area contributed by atoms with Gasteiger partial charge in [0.05, 0.1) is 66.1 Å². The normalized spacial score (nSPS) is 22.6. The van der Waals surface area contributed by atoms with Gasteiger partial charge in [0.15, 0.2) is 12.6 Å². The summed E-state index contributed by atoms with van der Waals surface area (Å²) in [5.41, 5.74) is 4.55. The predicted molar refractivity (Wildman–Crippen MR) is 316 cm³/mol. The Bertz CT molecular complexity index is 3320. The van der Waals surface area contributed by atoms with Crippen LogP contribution in [0, 0.1) is 0 Å². The summed E-state index contributed by atoms with van der Waals surface area (Å²) < 4.78 is 308. The summed E-state index contributed by atoms with van der Waals surface area (Å²) in [5.74, 6) is -57.0. The van der Waals surface area contributed by atoms with E-state index in [0.717, 1.165) is 33.9 Å². The van der Waals surface area contributed by atoms with Gasteiger partial charge in [-0.25, -0.2) is 0 Å². The van der Waals surface area contributed by atoms with Gasteiger partial charge in [-0.15, -0.1) is 0 Å². The molecule has 1 N–H and O–H groups in total. The molecular formula is C69H69F17O12. The zero-order chi connectivity index (χ0) is 70.8. The van der Waals surface area contributed by atoms with Crippen molar-refractivity contribution in [2.24, 2.45) is 0 Å². The number of hydrogen-bond donors (Lipinski definition) is 1. The van der Waals surface area contributed by atoms with Crippen LogP contribution in [-0.2, 0) is 91.7 Å². The van der Waals surface area contributed by atoms with Crippen molar-refractivity contribution in [1.29, 1.82) is 0 Å². The summed E-state index contributed by atoms with van der Waals surface area (Å²) >= 11 is 0. The Balaban J connectivity index is 1.06. The van der Waals surface area contributed by atoms with Crippen LogP contribution >= 0.6 is 0 Å². The molecule has 2 fully saturated rings. The topological polar surface area (TPSA) is 122 Å². The number of ether oxygens (including phenoxy) is 11. The van der Waals surface area contributed by atoms with Crippen molar-refractivity contribution >= 4 is 0 Å². The lowest BCUT2D eigenvalue weighted by atomic mass is 9.88. The van der Waals surface area contributed by atoms with Gasteiger partial charge >= 0.3 is 47.6 Å². The Hall–Kier alpha value is -6.61. The van der Waals surface area contributed by atoms with Crippen LogP contribution in [0.25, 0.3) is 0 Å². The number of hydrogen-bond acceptors (Lipinski definition) is 12. The van der Waals surface area contributed by atoms with Crippen molar-refractivity contribution < 1.29 is 132 Å². The molecule has 2 aliphatic heterocycles. The fourth-order valence-corrected chi connectivity index (χ4v) is 10.4. The van der Waals surface area contributed by atoms with Crippen LogP contribution in [0.1, 0.15) is 46.2 Å². The minimum Gasteiger partial charge on any atom is -0.385 e. The third-order valence-electron chi connectivity index (χ3n) is 15.7. The molecule has 2 saturated heterocycles. The van der Waals surface area contributed by atoms with Crippen molar-refractivity contribution in [3.05, 3.63) is 228 Å². The Kier molecular flexibility index (Phi) is 26.9. The number of benzene rings is 6. The third-order valence-corrected chi connectivity index (χ3v) is 15.7. The molecule has 0 aliphatic carbocycles. The van der Waals surface area contributed by atoms with Crippen LogP contribution in [0.5, 0.6) is 0 Å². The summed E-state index contributed by atoms with van der Waals surface area (Å²) in [6, 6.07) is 54.6. The smallest absolute Gasteiger partial charge is 0.385 e. The molecule has 0 saturated carbocycles. The van der Waals surface area contributed by atoms with E-state index in [2.05, 4.69) is 0 Å². The monoisotopic (exact) mass is 1410 g/mol. The number of halogens is 17. The second-order valence-electron chi connectivity index (χ2n) is 22.9. The van der Waals surface area contributed by atoms with Gasteiger partial charge in [0.2, 0.25) is 0 Å². The van der Waals surface area contributed by atoms with Crippen molar-refractivity contribution in [3.63, 3.8) is 0 Å². The van der Waals surface area contributed by atoms with E-state index >= 15 is 0 Å². The van der Waals surface area contributed by atoms with Crippen molar-refractivity contribution in [2.45, 2.75) is 162 Å². The van der Waals surface area contributed by atoms with Crippen LogP contribution < -0.4 is 0 Å². The van der Waals surface area contributed by atoms with Crippen LogP contribution in [0.2, 0.25) is 0 Å². The zero-order valence-corrected chi connectivity index (χ0v) is 51.8. The Morgan fingerprint density at radius 3 is 1.06 bits per heavy atom. The molecule has 0 radical (unpaired) electrons. The second kappa shape index (κ2) is 34.2. The van der Waals surface area contributed by atoms with E-state index < -0.39 is 142 Å². The highest BCUT2D eigenvalue weighted by atomic mass is 19.4. The first-order chi connectivity index (χ1) is 46.5. The van der Waals surface area contributed by atoms with Crippen molar-refractivity contribution in [2.75, 3.05) is 33.0 Å². The second-order valence-corrected chi connectivity index (χ2v) is 22.9. The lowest BCUT2D eigenvalue weighted by Crippen LogP contribution is -2.74. The fourth-order valence-electron chi connectivity index (χ4n) is 10.4. The Morgan fingerprint density at radius 1 is 0.337 bits per heavy atom. The molecule has 29 heteroatoms. The highest BCUT2D eigenvalue weighted by Crippen LogP contribution is 2.64. The molecule has 2 heterocycles. The molecule has 2 aliphatic rings. The molecule has 0 amide bonds. The lowest BCUT2D eigenvalue weighted by Gasteiger charge is -2.49. The van der Waals surface area contributed by atoms with Gasteiger partial charge in [0.25, 0.3) is 0 Å². The maximum absolute atomic E-state index is 14.7. The predicted octanol–water partition coefficient (Wildman–Crippen LogP) is 15.3. The SMILES string of the molecule is O[C@@H]1[C@@H](O[C@@H]2[C@@H](OC/C=C\COCCCC(F)(F)C(F)(F)C(F)(F)C(F)(F)C(F)(F)C(F)(F)C(F)(F)C(F)(F)F)O[C@H](COCc3ccccc3)[C@@H](OCc3ccccc3)[C@@H]2OCc2ccccc2)O[C@H](COCc2ccccc2)[C@@H](OCc2ccccc2)[C@@H]1OCc1ccccc1. The summed E-state index contributed by atoms with van der Waals surface area (Å²) in [6.45, 7) is -2.45. The third kappa shape index (κ3) is 18.7. The van der Waals surface area contributed by atoms with Crippen LogP contribution in [0.3, 0.4) is 0 Å². The van der Waals surface area contributed by atoms with E-state index in [0.29, 0.717) is 5.56 Å². The average Bonchev–Trinajstić information content (AvgIpc) is 0.697. The molecule has 0 unspecified atom stereocenters. The average molecular weight is 1410 g/mol. The number of aliphatic hydroxyl groups is 1. The molecule has 536 valence electrons. The van der Waals surface area contributed by atoms with Gasteiger partial charge in [-0.3, -0.25) is 0 Å². The molecule has 0 spiro atoms. The quantitative estimate of drug-likeness (QED) is 0.0227. The minimum absolute atomic E-state index is 0.0174. The number of alkyl halides is 17. The van der Waals surface area contributed by atoms with Gasteiger partial charge in [-0.2, -0.15) is 74.6 Å². The van der Waals surface area contributed by atoms with Crippen LogP contribution in [0.15, 0.2) is 194 Å². The van der Waals surface area contributed by atoms with E-state index in [4.69, 9.17) is 52.1 Å². The van der Waals surface area contributed by atoms with Crippen molar-refractivity contribution in [3.8, 4) is 0 Å². The molecule has 6 aromatic carbocycles. The number of aliphatic hydroxyl groups excluding tert-OH is 1. The van der Waals surface area contributed by atoms with Crippen LogP contribution in [0.4, 0.5) is 74.6 Å². The van der Waals surface area contributed by atoms with E-state index in [9.17, 15) is 79.7 Å². The highest BCUT2D eigenvalue weighted by Gasteiger charge is 2.95. The summed E-state index contributed by atoms with van der Waals surface area (Å²) in [5, 5.41) is 12.7. The first-order valence-electron chi connectivity index (χ1n) is 30.6. The largest absolute Gasteiger partial charge is 0.460 e. The number of rotatable bonds is 37. The van der Waals surface area contributed by atoms with Crippen molar-refractivity contribution in [1.82, 2.24) is 0 Å². The van der Waals surface area contributed by atoms with Gasteiger partial charge in [0.1, 0.15) is 48.8 Å². The summed E-state index contributed by atoms with van der Waals surface area (Å²) in [6.07, 6.45) is -22.7. The molecule has 0 aromatic heterocycles. The van der Waals surface area contributed by atoms with E-state index in [1.165, 1.54) is 6.08 Å². The molecule has 10 atom stereocenters. The van der Waals surface area contributed by atoms with Gasteiger partial charge in [-0.1, -0.05) is 194 Å². The van der Waals surface area contributed by atoms with Crippen LogP contribution in [-0.4, -0.2) is 147 Å². The lowest BCUT2D eigenvalue weighted by molar-refractivity contribution is -0.461. The standard InChI is InChI=1S/C69H69F17O12/c70-62(71,63(72,73)64(74,75)65(76,77)66(78,79)67(80,81)68(82,83)69(84,85)86)34-21-36-88-35-19-20-37-91-61-59(58(95-43-51-32-17-6-18-33-51)56(93-41-49-28-13-4-14-29-49)53(97-61)45-90-39-47-24-9-2-10-25-47)98-60-54(87)57(94-42-50-30-15-5-16-31-50)55(92-40-48-26-11-3-12-27-48)52(96-60)44-89-38-46-22-7-1-8-23-46/h1-20,22-33,52-61,87H,21,34-45H2/b20-19-/t52-,53-,54+,55-,56-,57-,58+,59+,60-,61+/m1/s1. The minimum atomic E-state index is -8.73. The molecule has 0 bridgehead atoms. The van der Waals surface area contributed by atoms with Gasteiger partial charge < -0.3 is 57.2 Å². The molecule has 12 nitrogen and oxygen atoms in total. The molecular weight excluding hydrogens is 1340 g/mol. The van der Waals surface area contributed by atoms with E-state index in [1.54, 1.807) is 42.5 Å². The van der Waals surface area contributed by atoms with Gasteiger partial charge in [-0.05, 0) is 39.8 Å². The Labute approximate surface area is 552 Å². The van der Waals surface area contributed by atoms with E-state index in [-0.39, 0.29) is 52.9 Å². The molecule has 6 aromatic rings. The summed E-state index contributed by atoms with van der Waals surface area (Å²) in [4.78, 5) is 0. The fraction of sp³-hybridized carbons (Fsp3) is 0.449. The Morgan fingerprint density at radius 2 is 0.663 bits per heavy atom. The van der Waals surface area contributed by atoms with E-state index in [1.807, 2.05) is 140 Å². The first kappa shape index (κ1) is 77.1. The maximum Gasteiger partial charge on any atom is 0.460 e. The molecule has 98 heavy (non-hydrogen) atoms. The highest BCUT2D eigenvalue weighted by molar-refractivity contribution is 5.20. The first-order valence-corrected chi connectivity index (χ1v) is 30.6. The zero-order valence-electron chi connectivity index (χ0n) is 51.8.